The van der Waals surface area contributed by atoms with Crippen LogP contribution in [0.4, 0.5) is 0 Å². The predicted molar refractivity (Wildman–Crippen MR) is 56.0 cm³/mol. The van der Waals surface area contributed by atoms with Crippen LogP contribution in [0.25, 0.3) is 0 Å². The Kier molecular flexibility index (Phi) is 2.52. The molecule has 2 rings (SSSR count). The first-order valence-electron chi connectivity index (χ1n) is 5.63. The first-order valence-corrected chi connectivity index (χ1v) is 5.63. The summed E-state index contributed by atoms with van der Waals surface area (Å²) in [6.45, 7) is 7.21. The normalized spacial score (nSPS) is 31.0. The minimum Gasteiger partial charge on any atom is -0.337 e. The third-order valence-corrected chi connectivity index (χ3v) is 3.58. The average Bonchev–Trinajstić information content (AvgIpc) is 2.71. The molecule has 1 amide bonds. The van der Waals surface area contributed by atoms with Gasteiger partial charge in [0.2, 0.25) is 5.91 Å². The lowest BCUT2D eigenvalue weighted by atomic mass is 9.99. The van der Waals surface area contributed by atoms with E-state index in [9.17, 15) is 4.79 Å². The second-order valence-corrected chi connectivity index (χ2v) is 5.10. The van der Waals surface area contributed by atoms with Gasteiger partial charge >= 0.3 is 0 Å². The standard InChI is InChI=1S/C11H20N2O/c1-11(2)5-3-7-13(11)10(14)9-4-6-12-8-9/h9,12H,3-8H2,1-2H3/t9-/m0/s1. The average molecular weight is 196 g/mol. The Morgan fingerprint density at radius 2 is 2.29 bits per heavy atom. The smallest absolute Gasteiger partial charge is 0.227 e. The number of rotatable bonds is 1. The van der Waals surface area contributed by atoms with E-state index in [4.69, 9.17) is 0 Å². The summed E-state index contributed by atoms with van der Waals surface area (Å²) in [5, 5.41) is 3.26. The van der Waals surface area contributed by atoms with Gasteiger partial charge in [0.05, 0.1) is 5.92 Å². The SMILES string of the molecule is CC1(C)CCCN1C(=O)[C@H]1CCNC1. The predicted octanol–water partition coefficient (Wildman–Crippen LogP) is 0.997. The maximum Gasteiger partial charge on any atom is 0.227 e. The van der Waals surface area contributed by atoms with Crippen LogP contribution in [0.3, 0.4) is 0 Å². The molecule has 2 aliphatic rings. The van der Waals surface area contributed by atoms with Crippen molar-refractivity contribution in [3.05, 3.63) is 0 Å². The van der Waals surface area contributed by atoms with Crippen molar-refractivity contribution in [3.8, 4) is 0 Å². The van der Waals surface area contributed by atoms with Gasteiger partial charge in [0.1, 0.15) is 0 Å². The summed E-state index contributed by atoms with van der Waals surface area (Å²) in [6, 6.07) is 0. The largest absolute Gasteiger partial charge is 0.337 e. The first kappa shape index (κ1) is 9.97. The molecule has 1 atom stereocenters. The molecule has 1 N–H and O–H groups in total. The van der Waals surface area contributed by atoms with Crippen molar-refractivity contribution in [1.82, 2.24) is 10.2 Å². The summed E-state index contributed by atoms with van der Waals surface area (Å²) in [7, 11) is 0. The third-order valence-electron chi connectivity index (χ3n) is 3.58. The number of nitrogens with one attached hydrogen (secondary N) is 1. The van der Waals surface area contributed by atoms with Gasteiger partial charge in [-0.1, -0.05) is 0 Å². The highest BCUT2D eigenvalue weighted by atomic mass is 16.2. The minimum atomic E-state index is 0.0969. The molecule has 2 heterocycles. The highest BCUT2D eigenvalue weighted by Gasteiger charge is 2.38. The van der Waals surface area contributed by atoms with E-state index in [1.54, 1.807) is 0 Å². The summed E-state index contributed by atoms with van der Waals surface area (Å²) >= 11 is 0. The summed E-state index contributed by atoms with van der Waals surface area (Å²) in [5.41, 5.74) is 0.0969. The van der Waals surface area contributed by atoms with E-state index in [-0.39, 0.29) is 11.5 Å². The fraction of sp³-hybridized carbons (Fsp3) is 0.909. The van der Waals surface area contributed by atoms with Crippen LogP contribution in [-0.2, 0) is 4.79 Å². The van der Waals surface area contributed by atoms with Gasteiger partial charge in [0, 0.05) is 18.6 Å². The van der Waals surface area contributed by atoms with E-state index in [0.717, 1.165) is 32.5 Å². The Balaban J connectivity index is 2.03. The van der Waals surface area contributed by atoms with E-state index in [2.05, 4.69) is 24.1 Å². The van der Waals surface area contributed by atoms with Crippen LogP contribution >= 0.6 is 0 Å². The highest BCUT2D eigenvalue weighted by Crippen LogP contribution is 2.30. The molecule has 0 aliphatic carbocycles. The number of amides is 1. The van der Waals surface area contributed by atoms with Gasteiger partial charge in [0.15, 0.2) is 0 Å². The Morgan fingerprint density at radius 3 is 2.79 bits per heavy atom. The Morgan fingerprint density at radius 1 is 1.50 bits per heavy atom. The quantitative estimate of drug-likeness (QED) is 0.678. The van der Waals surface area contributed by atoms with E-state index < -0.39 is 0 Å². The molecule has 0 unspecified atom stereocenters. The van der Waals surface area contributed by atoms with Gasteiger partial charge in [-0.2, -0.15) is 0 Å². The van der Waals surface area contributed by atoms with Gasteiger partial charge in [-0.3, -0.25) is 4.79 Å². The molecule has 0 saturated carbocycles. The van der Waals surface area contributed by atoms with Crippen LogP contribution in [0.5, 0.6) is 0 Å². The summed E-state index contributed by atoms with van der Waals surface area (Å²) in [6.07, 6.45) is 3.34. The molecule has 0 radical (unpaired) electrons. The first-order chi connectivity index (χ1) is 6.61. The summed E-state index contributed by atoms with van der Waals surface area (Å²) in [4.78, 5) is 14.2. The Bertz CT molecular complexity index is 231. The molecule has 3 nitrogen and oxygen atoms in total. The number of carbonyl (C=O) groups excluding carboxylic acids is 1. The van der Waals surface area contributed by atoms with E-state index in [0.29, 0.717) is 5.91 Å². The molecule has 2 aliphatic heterocycles. The van der Waals surface area contributed by atoms with Crippen LogP contribution in [0.1, 0.15) is 33.1 Å². The van der Waals surface area contributed by atoms with E-state index in [1.165, 1.54) is 6.42 Å². The van der Waals surface area contributed by atoms with Gasteiger partial charge < -0.3 is 10.2 Å². The Hall–Kier alpha value is -0.570. The molecule has 3 heteroatoms. The lowest BCUT2D eigenvalue weighted by Gasteiger charge is -2.33. The number of hydrogen-bond acceptors (Lipinski definition) is 2. The van der Waals surface area contributed by atoms with Crippen LogP contribution in [0.15, 0.2) is 0 Å². The molecule has 2 fully saturated rings. The van der Waals surface area contributed by atoms with Crippen molar-refractivity contribution in [2.75, 3.05) is 19.6 Å². The molecule has 2 saturated heterocycles. The zero-order chi connectivity index (χ0) is 10.2. The summed E-state index contributed by atoms with van der Waals surface area (Å²) in [5.74, 6) is 0.616. The number of carbonyl (C=O) groups is 1. The van der Waals surface area contributed by atoms with Crippen LogP contribution in [-0.4, -0.2) is 36.0 Å². The minimum absolute atomic E-state index is 0.0969. The number of hydrogen-bond donors (Lipinski definition) is 1. The fourth-order valence-corrected chi connectivity index (χ4v) is 2.60. The molecular formula is C11H20N2O. The van der Waals surface area contributed by atoms with Gasteiger partial charge in [-0.05, 0) is 39.7 Å². The molecule has 0 bridgehead atoms. The molecule has 0 spiro atoms. The highest BCUT2D eigenvalue weighted by molar-refractivity contribution is 5.80. The van der Waals surface area contributed by atoms with Crippen LogP contribution in [0, 0.1) is 5.92 Å². The maximum absolute atomic E-state index is 12.1. The monoisotopic (exact) mass is 196 g/mol. The van der Waals surface area contributed by atoms with Crippen LogP contribution in [0.2, 0.25) is 0 Å². The van der Waals surface area contributed by atoms with Crippen molar-refractivity contribution in [1.29, 1.82) is 0 Å². The summed E-state index contributed by atoms with van der Waals surface area (Å²) < 4.78 is 0. The second kappa shape index (κ2) is 3.54. The molecule has 80 valence electrons. The topological polar surface area (TPSA) is 32.3 Å². The number of likely N-dealkylation sites (tertiary alicyclic amines) is 1. The zero-order valence-corrected chi connectivity index (χ0v) is 9.18. The maximum atomic E-state index is 12.1. The molecule has 0 aromatic rings. The van der Waals surface area contributed by atoms with Crippen molar-refractivity contribution < 1.29 is 4.79 Å². The fourth-order valence-electron chi connectivity index (χ4n) is 2.60. The lowest BCUT2D eigenvalue weighted by Crippen LogP contribution is -2.46. The molecule has 0 aromatic heterocycles. The molecule has 14 heavy (non-hydrogen) atoms. The van der Waals surface area contributed by atoms with Crippen molar-refractivity contribution in [2.24, 2.45) is 5.92 Å². The Labute approximate surface area is 85.8 Å². The van der Waals surface area contributed by atoms with Gasteiger partial charge in [0.25, 0.3) is 0 Å². The van der Waals surface area contributed by atoms with Crippen molar-refractivity contribution in [2.45, 2.75) is 38.6 Å². The van der Waals surface area contributed by atoms with Crippen LogP contribution < -0.4 is 5.32 Å². The third kappa shape index (κ3) is 1.65. The zero-order valence-electron chi connectivity index (χ0n) is 9.18. The second-order valence-electron chi connectivity index (χ2n) is 5.10. The van der Waals surface area contributed by atoms with Gasteiger partial charge in [-0.15, -0.1) is 0 Å². The van der Waals surface area contributed by atoms with E-state index >= 15 is 0 Å². The van der Waals surface area contributed by atoms with E-state index in [1.807, 2.05) is 0 Å². The number of nitrogens with zero attached hydrogens (tertiary/aromatic N) is 1. The molecular weight excluding hydrogens is 176 g/mol. The lowest BCUT2D eigenvalue weighted by molar-refractivity contribution is -0.138. The molecule has 0 aromatic carbocycles. The van der Waals surface area contributed by atoms with Gasteiger partial charge in [-0.25, -0.2) is 0 Å². The van der Waals surface area contributed by atoms with Crippen molar-refractivity contribution >= 4 is 5.91 Å². The van der Waals surface area contributed by atoms with Crippen molar-refractivity contribution in [3.63, 3.8) is 0 Å².